The van der Waals surface area contributed by atoms with Gasteiger partial charge in [0.15, 0.2) is 5.78 Å². The van der Waals surface area contributed by atoms with Crippen molar-refractivity contribution >= 4 is 40.3 Å². The van der Waals surface area contributed by atoms with E-state index in [0.717, 1.165) is 12.8 Å². The van der Waals surface area contributed by atoms with Crippen LogP contribution in [0.25, 0.3) is 0 Å². The molecule has 0 saturated heterocycles. The molecule has 1 aromatic rings. The second-order valence-corrected chi connectivity index (χ2v) is 6.33. The highest BCUT2D eigenvalue weighted by Crippen LogP contribution is 2.31. The van der Waals surface area contributed by atoms with Gasteiger partial charge < -0.3 is 0 Å². The van der Waals surface area contributed by atoms with Crippen molar-refractivity contribution in [2.24, 2.45) is 0 Å². The standard InChI is InChI=1S/C12H17Cl2NOS/c1-4-8(5-2)15(3)7-10(16)9-6-11(13)17-12(9)14/h6,8H,4-5,7H2,1-3H3. The van der Waals surface area contributed by atoms with Crippen molar-refractivity contribution in [3.63, 3.8) is 0 Å². The smallest absolute Gasteiger partial charge is 0.179 e. The SMILES string of the molecule is CCC(CC)N(C)CC(=O)c1cc(Cl)sc1Cl. The van der Waals surface area contributed by atoms with Crippen LogP contribution in [0.2, 0.25) is 8.67 Å². The molecule has 0 saturated carbocycles. The zero-order chi connectivity index (χ0) is 13.0. The summed E-state index contributed by atoms with van der Waals surface area (Å²) < 4.78 is 1.04. The Balaban J connectivity index is 2.69. The lowest BCUT2D eigenvalue weighted by molar-refractivity contribution is 0.0916. The van der Waals surface area contributed by atoms with E-state index in [1.165, 1.54) is 11.3 Å². The highest BCUT2D eigenvalue weighted by atomic mass is 35.5. The van der Waals surface area contributed by atoms with Gasteiger partial charge in [-0.15, -0.1) is 11.3 Å². The molecule has 0 atom stereocenters. The third-order valence-electron chi connectivity index (χ3n) is 2.92. The summed E-state index contributed by atoms with van der Waals surface area (Å²) in [5.74, 6) is 0.0348. The maximum Gasteiger partial charge on any atom is 0.179 e. The topological polar surface area (TPSA) is 20.3 Å². The van der Waals surface area contributed by atoms with Crippen LogP contribution in [0.15, 0.2) is 6.07 Å². The lowest BCUT2D eigenvalue weighted by Crippen LogP contribution is -2.35. The van der Waals surface area contributed by atoms with Gasteiger partial charge in [0.05, 0.1) is 16.4 Å². The van der Waals surface area contributed by atoms with Crippen LogP contribution in [0.1, 0.15) is 37.0 Å². The van der Waals surface area contributed by atoms with E-state index in [9.17, 15) is 4.79 Å². The maximum absolute atomic E-state index is 12.0. The molecule has 0 aromatic carbocycles. The number of carbonyl (C=O) groups is 1. The summed E-state index contributed by atoms with van der Waals surface area (Å²) in [6.45, 7) is 4.65. The molecule has 1 aromatic heterocycles. The molecule has 0 fully saturated rings. The second-order valence-electron chi connectivity index (χ2n) is 4.05. The van der Waals surface area contributed by atoms with E-state index < -0.39 is 0 Å². The van der Waals surface area contributed by atoms with E-state index in [1.807, 2.05) is 7.05 Å². The molecule has 1 heterocycles. The van der Waals surface area contributed by atoms with E-state index in [-0.39, 0.29) is 5.78 Å². The fourth-order valence-electron chi connectivity index (χ4n) is 1.88. The highest BCUT2D eigenvalue weighted by molar-refractivity contribution is 7.20. The Morgan fingerprint density at radius 3 is 2.41 bits per heavy atom. The first-order valence-corrected chi connectivity index (χ1v) is 7.25. The quantitative estimate of drug-likeness (QED) is 0.727. The third-order valence-corrected chi connectivity index (χ3v) is 4.40. The van der Waals surface area contributed by atoms with Gasteiger partial charge in [-0.2, -0.15) is 0 Å². The molecule has 0 unspecified atom stereocenters. The number of hydrogen-bond acceptors (Lipinski definition) is 3. The van der Waals surface area contributed by atoms with Crippen molar-refractivity contribution in [2.45, 2.75) is 32.7 Å². The summed E-state index contributed by atoms with van der Waals surface area (Å²) >= 11 is 13.0. The molecule has 1 rings (SSSR count). The molecular weight excluding hydrogens is 277 g/mol. The van der Waals surface area contributed by atoms with Crippen LogP contribution in [0.5, 0.6) is 0 Å². The number of likely N-dealkylation sites (N-methyl/N-ethyl adjacent to an activating group) is 1. The molecule has 0 amide bonds. The normalized spacial score (nSPS) is 11.5. The first-order valence-electron chi connectivity index (χ1n) is 5.67. The zero-order valence-corrected chi connectivity index (χ0v) is 12.6. The Kier molecular flexibility index (Phi) is 5.93. The van der Waals surface area contributed by atoms with Gasteiger partial charge in [-0.1, -0.05) is 37.0 Å². The van der Waals surface area contributed by atoms with Crippen LogP contribution in [0, 0.1) is 0 Å². The number of halogens is 2. The highest BCUT2D eigenvalue weighted by Gasteiger charge is 2.18. The fraction of sp³-hybridized carbons (Fsp3) is 0.583. The van der Waals surface area contributed by atoms with Crippen LogP contribution >= 0.6 is 34.5 Å². The van der Waals surface area contributed by atoms with Crippen LogP contribution in [0.3, 0.4) is 0 Å². The summed E-state index contributed by atoms with van der Waals surface area (Å²) in [6, 6.07) is 2.09. The summed E-state index contributed by atoms with van der Waals surface area (Å²) in [4.78, 5) is 14.1. The average Bonchev–Trinajstić information content (AvgIpc) is 2.59. The number of thiophene rings is 1. The number of ketones is 1. The summed E-state index contributed by atoms with van der Waals surface area (Å²) in [5.41, 5.74) is 0.541. The van der Waals surface area contributed by atoms with E-state index in [0.29, 0.717) is 26.8 Å². The molecule has 0 spiro atoms. The summed E-state index contributed by atoms with van der Waals surface area (Å²) in [6.07, 6.45) is 2.08. The Labute approximate surface area is 117 Å². The van der Waals surface area contributed by atoms with Crippen molar-refractivity contribution in [2.75, 3.05) is 13.6 Å². The van der Waals surface area contributed by atoms with Crippen molar-refractivity contribution < 1.29 is 4.79 Å². The monoisotopic (exact) mass is 293 g/mol. The van der Waals surface area contributed by atoms with Gasteiger partial charge in [0.2, 0.25) is 0 Å². The van der Waals surface area contributed by atoms with E-state index in [1.54, 1.807) is 6.07 Å². The predicted octanol–water partition coefficient (Wildman–Crippen LogP) is 4.36. The molecule has 96 valence electrons. The van der Waals surface area contributed by atoms with Crippen LogP contribution in [-0.2, 0) is 0 Å². The van der Waals surface area contributed by atoms with Crippen molar-refractivity contribution in [3.05, 3.63) is 20.3 Å². The summed E-state index contributed by atoms with van der Waals surface area (Å²) in [5, 5.41) is 0. The molecule has 0 aliphatic rings. The minimum absolute atomic E-state index is 0.0348. The van der Waals surface area contributed by atoms with E-state index >= 15 is 0 Å². The van der Waals surface area contributed by atoms with Crippen LogP contribution < -0.4 is 0 Å². The minimum atomic E-state index is 0.0348. The van der Waals surface area contributed by atoms with E-state index in [4.69, 9.17) is 23.2 Å². The molecule has 5 heteroatoms. The van der Waals surface area contributed by atoms with Crippen molar-refractivity contribution in [1.82, 2.24) is 4.90 Å². The maximum atomic E-state index is 12.0. The molecule has 0 aliphatic heterocycles. The molecule has 0 radical (unpaired) electrons. The van der Waals surface area contributed by atoms with Gasteiger partial charge in [-0.05, 0) is 26.0 Å². The van der Waals surface area contributed by atoms with Gasteiger partial charge in [0, 0.05) is 6.04 Å². The van der Waals surface area contributed by atoms with Gasteiger partial charge in [-0.3, -0.25) is 9.69 Å². The Morgan fingerprint density at radius 1 is 1.41 bits per heavy atom. The van der Waals surface area contributed by atoms with Crippen LogP contribution in [0.4, 0.5) is 0 Å². The predicted molar refractivity (Wildman–Crippen MR) is 75.7 cm³/mol. The molecule has 0 aliphatic carbocycles. The average molecular weight is 294 g/mol. The van der Waals surface area contributed by atoms with Gasteiger partial charge in [0.1, 0.15) is 4.34 Å². The van der Waals surface area contributed by atoms with Crippen molar-refractivity contribution in [3.8, 4) is 0 Å². The van der Waals surface area contributed by atoms with Crippen molar-refractivity contribution in [1.29, 1.82) is 0 Å². The molecule has 0 bridgehead atoms. The zero-order valence-electron chi connectivity index (χ0n) is 10.3. The number of rotatable bonds is 6. The van der Waals surface area contributed by atoms with Gasteiger partial charge >= 0.3 is 0 Å². The lowest BCUT2D eigenvalue weighted by atomic mass is 10.1. The molecule has 0 N–H and O–H groups in total. The Hall–Kier alpha value is -0.0900. The number of carbonyl (C=O) groups excluding carboxylic acids is 1. The minimum Gasteiger partial charge on any atom is -0.296 e. The largest absolute Gasteiger partial charge is 0.296 e. The second kappa shape index (κ2) is 6.74. The molecular formula is C12H17Cl2NOS. The van der Waals surface area contributed by atoms with Crippen LogP contribution in [-0.4, -0.2) is 30.3 Å². The van der Waals surface area contributed by atoms with Gasteiger partial charge in [0.25, 0.3) is 0 Å². The first-order chi connectivity index (χ1) is 7.99. The number of nitrogens with zero attached hydrogens (tertiary/aromatic N) is 1. The third kappa shape index (κ3) is 3.95. The lowest BCUT2D eigenvalue weighted by Gasteiger charge is -2.25. The molecule has 2 nitrogen and oxygen atoms in total. The van der Waals surface area contributed by atoms with E-state index in [2.05, 4.69) is 18.7 Å². The molecule has 17 heavy (non-hydrogen) atoms. The van der Waals surface area contributed by atoms with Gasteiger partial charge in [-0.25, -0.2) is 0 Å². The first kappa shape index (κ1) is 15.0. The number of hydrogen-bond donors (Lipinski definition) is 0. The fourth-order valence-corrected chi connectivity index (χ4v) is 3.38. The Bertz CT molecular complexity index is 388. The number of Topliss-reactive ketones (excluding diaryl/α,β-unsaturated/α-hetero) is 1. The summed E-state index contributed by atoms with van der Waals surface area (Å²) in [7, 11) is 1.97. The Morgan fingerprint density at radius 2 is 2.00 bits per heavy atom.